The van der Waals surface area contributed by atoms with Crippen LogP contribution in [0.15, 0.2) is 46.9 Å². The van der Waals surface area contributed by atoms with Gasteiger partial charge in [0.1, 0.15) is 17.6 Å². The van der Waals surface area contributed by atoms with E-state index in [0.717, 1.165) is 36.9 Å². The van der Waals surface area contributed by atoms with Crippen LogP contribution in [0.5, 0.6) is 0 Å². The number of amides is 1. The van der Waals surface area contributed by atoms with Gasteiger partial charge in [0.2, 0.25) is 5.91 Å². The van der Waals surface area contributed by atoms with Gasteiger partial charge in [-0.25, -0.2) is 13.2 Å². The summed E-state index contributed by atoms with van der Waals surface area (Å²) >= 11 is 1.09. The first kappa shape index (κ1) is 21.0. The number of hydrogen-bond acceptors (Lipinski definition) is 4. The number of carbonyl (C=O) groups excluding carboxylic acids is 1. The molecule has 2 aromatic carbocycles. The quantitative estimate of drug-likeness (QED) is 0.413. The molecular weight excluding hydrogens is 406 g/mol. The Balaban J connectivity index is 1.49. The summed E-state index contributed by atoms with van der Waals surface area (Å²) in [6.07, 6.45) is 4.41. The second kappa shape index (κ2) is 9.27. The lowest BCUT2D eigenvalue weighted by molar-refractivity contribution is -0.134. The first-order valence-electron chi connectivity index (χ1n) is 10.2. The molecule has 4 nitrogen and oxygen atoms in total. The van der Waals surface area contributed by atoms with E-state index in [-0.39, 0.29) is 35.2 Å². The SMILES string of the molecule is O=C(C1CC1c1ccccc1-c1c(F)cccc1F)N1CCCC(C=NSCO)C1. The summed E-state index contributed by atoms with van der Waals surface area (Å²) < 4.78 is 32.9. The molecule has 30 heavy (non-hydrogen) atoms. The summed E-state index contributed by atoms with van der Waals surface area (Å²) in [5, 5.41) is 8.83. The number of carbonyl (C=O) groups is 1. The van der Waals surface area contributed by atoms with E-state index >= 15 is 0 Å². The maximum atomic E-state index is 14.4. The van der Waals surface area contributed by atoms with Gasteiger partial charge in [-0.2, -0.15) is 0 Å². The third-order valence-corrected chi connectivity index (χ3v) is 6.26. The lowest BCUT2D eigenvalue weighted by Crippen LogP contribution is -2.41. The highest BCUT2D eigenvalue weighted by Gasteiger charge is 2.47. The molecule has 3 atom stereocenters. The maximum absolute atomic E-state index is 14.4. The standard InChI is InChI=1S/C23H24F2N2O2S/c24-20-8-3-9-21(25)22(20)17-7-2-1-6-16(17)18-11-19(18)23(29)27-10-4-5-15(13-27)12-26-30-14-28/h1-3,6-9,12,15,18-19,28H,4-5,10-11,13-14H2. The highest BCUT2D eigenvalue weighted by atomic mass is 32.2. The average molecular weight is 431 g/mol. The number of hydrogen-bond donors (Lipinski definition) is 1. The molecule has 158 valence electrons. The number of piperidine rings is 1. The fourth-order valence-electron chi connectivity index (χ4n) is 4.34. The molecule has 3 unspecified atom stereocenters. The van der Waals surface area contributed by atoms with Crippen LogP contribution in [0.2, 0.25) is 0 Å². The van der Waals surface area contributed by atoms with E-state index in [1.165, 1.54) is 18.2 Å². The summed E-state index contributed by atoms with van der Waals surface area (Å²) in [5.74, 6) is -1.11. The Kier molecular flexibility index (Phi) is 6.49. The largest absolute Gasteiger partial charge is 0.384 e. The Morgan fingerprint density at radius 2 is 1.97 bits per heavy atom. The Hall–Kier alpha value is -2.25. The van der Waals surface area contributed by atoms with E-state index in [2.05, 4.69) is 4.40 Å². The van der Waals surface area contributed by atoms with E-state index in [9.17, 15) is 13.6 Å². The molecule has 2 fully saturated rings. The minimum Gasteiger partial charge on any atom is -0.384 e. The first-order chi connectivity index (χ1) is 14.6. The van der Waals surface area contributed by atoms with Gasteiger partial charge in [0.15, 0.2) is 0 Å². The number of rotatable bonds is 6. The molecule has 1 aliphatic carbocycles. The summed E-state index contributed by atoms with van der Waals surface area (Å²) in [7, 11) is 0. The van der Waals surface area contributed by atoms with Crippen molar-refractivity contribution in [3.8, 4) is 11.1 Å². The first-order valence-corrected chi connectivity index (χ1v) is 11.1. The van der Waals surface area contributed by atoms with E-state index in [4.69, 9.17) is 5.11 Å². The van der Waals surface area contributed by atoms with Crippen molar-refractivity contribution in [2.45, 2.75) is 25.2 Å². The topological polar surface area (TPSA) is 52.9 Å². The second-order valence-corrected chi connectivity index (χ2v) is 8.56. The summed E-state index contributed by atoms with van der Waals surface area (Å²) in [5.41, 5.74) is 1.33. The molecule has 0 radical (unpaired) electrons. The van der Waals surface area contributed by atoms with Gasteiger partial charge < -0.3 is 10.0 Å². The fraction of sp³-hybridized carbons (Fsp3) is 0.391. The van der Waals surface area contributed by atoms with Crippen LogP contribution in [0.25, 0.3) is 11.1 Å². The monoisotopic (exact) mass is 430 g/mol. The fourth-order valence-corrected chi connectivity index (χ4v) is 4.67. The van der Waals surface area contributed by atoms with Crippen molar-refractivity contribution < 1.29 is 18.7 Å². The van der Waals surface area contributed by atoms with Crippen LogP contribution in [-0.2, 0) is 4.79 Å². The molecule has 4 rings (SSSR count). The van der Waals surface area contributed by atoms with Gasteiger partial charge in [-0.15, -0.1) is 0 Å². The lowest BCUT2D eigenvalue weighted by Gasteiger charge is -2.31. The van der Waals surface area contributed by atoms with Gasteiger partial charge in [-0.1, -0.05) is 30.3 Å². The molecular formula is C23H24F2N2O2S. The van der Waals surface area contributed by atoms with Crippen molar-refractivity contribution >= 4 is 24.1 Å². The normalized spacial score (nSPS) is 23.7. The molecule has 1 amide bonds. The van der Waals surface area contributed by atoms with Crippen LogP contribution in [0, 0.1) is 23.5 Å². The minimum absolute atomic E-state index is 0.0216. The van der Waals surface area contributed by atoms with Crippen molar-refractivity contribution in [1.29, 1.82) is 0 Å². The molecule has 0 spiro atoms. The Bertz CT molecular complexity index is 932. The molecule has 2 aromatic rings. The zero-order valence-electron chi connectivity index (χ0n) is 16.5. The van der Waals surface area contributed by atoms with Crippen molar-refractivity contribution in [3.05, 3.63) is 59.7 Å². The van der Waals surface area contributed by atoms with Crippen LogP contribution in [0.4, 0.5) is 8.78 Å². The third-order valence-electron chi connectivity index (χ3n) is 5.87. The van der Waals surface area contributed by atoms with Crippen LogP contribution in [0.3, 0.4) is 0 Å². The van der Waals surface area contributed by atoms with Crippen molar-refractivity contribution in [3.63, 3.8) is 0 Å². The highest BCUT2D eigenvalue weighted by molar-refractivity contribution is 7.97. The third kappa shape index (κ3) is 4.42. The van der Waals surface area contributed by atoms with E-state index in [1.54, 1.807) is 12.1 Å². The molecule has 0 aromatic heterocycles. The van der Waals surface area contributed by atoms with Crippen molar-refractivity contribution in [2.24, 2.45) is 16.2 Å². The van der Waals surface area contributed by atoms with Gasteiger partial charge in [0, 0.05) is 43.1 Å². The predicted molar refractivity (Wildman–Crippen MR) is 115 cm³/mol. The lowest BCUT2D eigenvalue weighted by atomic mass is 9.94. The van der Waals surface area contributed by atoms with E-state index < -0.39 is 11.6 Å². The van der Waals surface area contributed by atoms with Crippen LogP contribution in [0.1, 0.15) is 30.7 Å². The van der Waals surface area contributed by atoms with Gasteiger partial charge in [-0.3, -0.25) is 4.79 Å². The molecule has 1 heterocycles. The minimum atomic E-state index is -0.593. The smallest absolute Gasteiger partial charge is 0.226 e. The zero-order valence-corrected chi connectivity index (χ0v) is 17.3. The number of benzene rings is 2. The van der Waals surface area contributed by atoms with Crippen LogP contribution >= 0.6 is 11.9 Å². The maximum Gasteiger partial charge on any atom is 0.226 e. The Morgan fingerprint density at radius 1 is 1.20 bits per heavy atom. The van der Waals surface area contributed by atoms with Crippen molar-refractivity contribution in [2.75, 3.05) is 19.0 Å². The van der Waals surface area contributed by atoms with E-state index in [1.807, 2.05) is 23.2 Å². The Labute approximate surface area is 179 Å². The van der Waals surface area contributed by atoms with Gasteiger partial charge in [-0.05, 0) is 48.4 Å². The summed E-state index contributed by atoms with van der Waals surface area (Å²) in [6.45, 7) is 1.35. The van der Waals surface area contributed by atoms with Gasteiger partial charge in [0.05, 0.1) is 5.56 Å². The van der Waals surface area contributed by atoms with Crippen LogP contribution in [-0.4, -0.2) is 41.2 Å². The number of aliphatic hydroxyl groups excluding tert-OH is 1. The molecule has 7 heteroatoms. The van der Waals surface area contributed by atoms with E-state index in [0.29, 0.717) is 18.5 Å². The zero-order chi connectivity index (χ0) is 21.1. The Morgan fingerprint density at radius 3 is 2.73 bits per heavy atom. The highest BCUT2D eigenvalue weighted by Crippen LogP contribution is 2.51. The second-order valence-electron chi connectivity index (χ2n) is 7.83. The molecule has 1 saturated carbocycles. The molecule has 0 bridgehead atoms. The van der Waals surface area contributed by atoms with Gasteiger partial charge in [0.25, 0.3) is 0 Å². The average Bonchev–Trinajstić information content (AvgIpc) is 3.55. The number of likely N-dealkylation sites (tertiary alicyclic amines) is 1. The molecule has 1 aliphatic heterocycles. The number of halogens is 2. The number of aliphatic hydroxyl groups is 1. The molecule has 1 saturated heterocycles. The molecule has 1 N–H and O–H groups in total. The summed E-state index contributed by atoms with van der Waals surface area (Å²) in [6, 6.07) is 11.1. The van der Waals surface area contributed by atoms with Crippen molar-refractivity contribution in [1.82, 2.24) is 4.90 Å². The number of nitrogens with zero attached hydrogens (tertiary/aromatic N) is 2. The van der Waals surface area contributed by atoms with Crippen LogP contribution < -0.4 is 0 Å². The van der Waals surface area contributed by atoms with Gasteiger partial charge >= 0.3 is 0 Å². The predicted octanol–water partition coefficient (Wildman–Crippen LogP) is 4.64. The molecule has 2 aliphatic rings. The summed E-state index contributed by atoms with van der Waals surface area (Å²) in [4.78, 5) is 15.0.